The lowest BCUT2D eigenvalue weighted by Crippen LogP contribution is -2.55. The molecule has 0 aromatic heterocycles. The van der Waals surface area contributed by atoms with Gasteiger partial charge in [0.05, 0.1) is 18.6 Å². The second-order valence-electron chi connectivity index (χ2n) is 6.01. The predicted molar refractivity (Wildman–Crippen MR) is 68.7 cm³/mol. The molecular formula is C13H23NO5. The van der Waals surface area contributed by atoms with Crippen molar-refractivity contribution in [2.24, 2.45) is 5.41 Å². The standard InChI is InChI=1S/C13H23NO5/c1-12(2,8-11(17)18)7-10(16)14-13(9-15)3-5-19-6-4-13/h15H,3-9H2,1-2H3,(H,14,16)(H,17,18). The molecule has 0 unspecified atom stereocenters. The van der Waals surface area contributed by atoms with Crippen molar-refractivity contribution in [2.45, 2.75) is 45.1 Å². The van der Waals surface area contributed by atoms with Crippen molar-refractivity contribution >= 4 is 11.9 Å². The van der Waals surface area contributed by atoms with Crippen molar-refractivity contribution in [1.82, 2.24) is 5.32 Å². The van der Waals surface area contributed by atoms with Crippen LogP contribution in [0.5, 0.6) is 0 Å². The highest BCUT2D eigenvalue weighted by atomic mass is 16.5. The Labute approximate surface area is 113 Å². The van der Waals surface area contributed by atoms with E-state index in [1.165, 1.54) is 0 Å². The van der Waals surface area contributed by atoms with Gasteiger partial charge in [-0.25, -0.2) is 0 Å². The predicted octanol–water partition coefficient (Wildman–Crippen LogP) is 0.535. The monoisotopic (exact) mass is 273 g/mol. The number of aliphatic hydroxyl groups is 1. The number of amides is 1. The molecule has 0 saturated carbocycles. The van der Waals surface area contributed by atoms with Crippen molar-refractivity contribution in [3.05, 3.63) is 0 Å². The maximum absolute atomic E-state index is 12.0. The third kappa shape index (κ3) is 5.16. The third-order valence-corrected chi connectivity index (χ3v) is 3.43. The van der Waals surface area contributed by atoms with E-state index in [1.54, 1.807) is 13.8 Å². The molecule has 1 amide bonds. The van der Waals surface area contributed by atoms with E-state index < -0.39 is 16.9 Å². The van der Waals surface area contributed by atoms with Crippen LogP contribution in [-0.4, -0.2) is 47.4 Å². The Morgan fingerprint density at radius 2 is 1.84 bits per heavy atom. The van der Waals surface area contributed by atoms with Crippen molar-refractivity contribution in [3.8, 4) is 0 Å². The summed E-state index contributed by atoms with van der Waals surface area (Å²) in [4.78, 5) is 22.7. The van der Waals surface area contributed by atoms with Crippen LogP contribution in [0, 0.1) is 5.41 Å². The lowest BCUT2D eigenvalue weighted by atomic mass is 9.84. The fourth-order valence-electron chi connectivity index (χ4n) is 2.33. The average molecular weight is 273 g/mol. The number of aliphatic carboxylic acids is 1. The topological polar surface area (TPSA) is 95.9 Å². The minimum absolute atomic E-state index is 0.0599. The van der Waals surface area contributed by atoms with Crippen LogP contribution in [0.2, 0.25) is 0 Å². The first-order chi connectivity index (χ1) is 8.79. The molecule has 1 aliphatic rings. The summed E-state index contributed by atoms with van der Waals surface area (Å²) in [7, 11) is 0. The Morgan fingerprint density at radius 1 is 1.26 bits per heavy atom. The van der Waals surface area contributed by atoms with Crippen LogP contribution in [-0.2, 0) is 14.3 Å². The van der Waals surface area contributed by atoms with Crippen LogP contribution in [0.3, 0.4) is 0 Å². The first-order valence-electron chi connectivity index (χ1n) is 6.50. The van der Waals surface area contributed by atoms with Crippen molar-refractivity contribution in [2.75, 3.05) is 19.8 Å². The highest BCUT2D eigenvalue weighted by Gasteiger charge is 2.35. The number of hydrogen-bond acceptors (Lipinski definition) is 4. The molecule has 1 heterocycles. The zero-order valence-corrected chi connectivity index (χ0v) is 11.6. The van der Waals surface area contributed by atoms with E-state index in [2.05, 4.69) is 5.32 Å². The van der Waals surface area contributed by atoms with Crippen molar-refractivity contribution < 1.29 is 24.5 Å². The van der Waals surface area contributed by atoms with Gasteiger partial charge in [-0.1, -0.05) is 13.8 Å². The molecule has 6 heteroatoms. The highest BCUT2D eigenvalue weighted by Crippen LogP contribution is 2.26. The number of carboxylic acids is 1. The van der Waals surface area contributed by atoms with Crippen LogP contribution in [0.1, 0.15) is 39.5 Å². The molecule has 0 atom stereocenters. The van der Waals surface area contributed by atoms with Gasteiger partial charge in [0, 0.05) is 19.6 Å². The Hall–Kier alpha value is -1.14. The number of carboxylic acid groups (broad SMARTS) is 1. The minimum atomic E-state index is -0.916. The number of rotatable bonds is 6. The summed E-state index contributed by atoms with van der Waals surface area (Å²) in [5, 5.41) is 21.1. The molecule has 0 spiro atoms. The van der Waals surface area contributed by atoms with Crippen LogP contribution >= 0.6 is 0 Å². The summed E-state index contributed by atoms with van der Waals surface area (Å²) < 4.78 is 5.22. The van der Waals surface area contributed by atoms with E-state index in [0.717, 1.165) is 0 Å². The molecule has 19 heavy (non-hydrogen) atoms. The van der Waals surface area contributed by atoms with Gasteiger partial charge in [-0.3, -0.25) is 9.59 Å². The minimum Gasteiger partial charge on any atom is -0.481 e. The molecule has 1 aliphatic heterocycles. The van der Waals surface area contributed by atoms with E-state index in [1.807, 2.05) is 0 Å². The molecule has 0 aromatic carbocycles. The first kappa shape index (κ1) is 15.9. The van der Waals surface area contributed by atoms with E-state index in [-0.39, 0.29) is 25.4 Å². The number of nitrogens with one attached hydrogen (secondary N) is 1. The Bertz CT molecular complexity index is 334. The highest BCUT2D eigenvalue weighted by molar-refractivity contribution is 5.78. The molecular weight excluding hydrogens is 250 g/mol. The van der Waals surface area contributed by atoms with Gasteiger partial charge in [0.15, 0.2) is 0 Å². The SMILES string of the molecule is CC(C)(CC(=O)O)CC(=O)NC1(CO)CCOCC1. The van der Waals surface area contributed by atoms with Crippen molar-refractivity contribution in [1.29, 1.82) is 0 Å². The van der Waals surface area contributed by atoms with Gasteiger partial charge < -0.3 is 20.3 Å². The molecule has 3 N–H and O–H groups in total. The molecule has 0 bridgehead atoms. The molecule has 1 fully saturated rings. The van der Waals surface area contributed by atoms with Crippen LogP contribution in [0.25, 0.3) is 0 Å². The number of carbonyl (C=O) groups is 2. The largest absolute Gasteiger partial charge is 0.481 e. The normalized spacial score (nSPS) is 18.9. The second-order valence-corrected chi connectivity index (χ2v) is 6.01. The van der Waals surface area contributed by atoms with E-state index in [0.29, 0.717) is 26.1 Å². The van der Waals surface area contributed by atoms with E-state index >= 15 is 0 Å². The fourth-order valence-corrected chi connectivity index (χ4v) is 2.33. The zero-order chi connectivity index (χ0) is 14.5. The maximum atomic E-state index is 12.0. The van der Waals surface area contributed by atoms with Crippen LogP contribution in [0.4, 0.5) is 0 Å². The average Bonchev–Trinajstić information content (AvgIpc) is 2.27. The van der Waals surface area contributed by atoms with Gasteiger partial charge in [0.1, 0.15) is 0 Å². The second kappa shape index (κ2) is 6.34. The molecule has 1 rings (SSSR count). The number of ether oxygens (including phenoxy) is 1. The molecule has 0 radical (unpaired) electrons. The third-order valence-electron chi connectivity index (χ3n) is 3.43. The first-order valence-corrected chi connectivity index (χ1v) is 6.50. The summed E-state index contributed by atoms with van der Waals surface area (Å²) in [6.07, 6.45) is 1.22. The van der Waals surface area contributed by atoms with E-state index in [4.69, 9.17) is 9.84 Å². The summed E-state index contributed by atoms with van der Waals surface area (Å²) >= 11 is 0. The molecule has 110 valence electrons. The smallest absolute Gasteiger partial charge is 0.303 e. The van der Waals surface area contributed by atoms with Crippen LogP contribution < -0.4 is 5.32 Å². The lowest BCUT2D eigenvalue weighted by Gasteiger charge is -2.37. The summed E-state index contributed by atoms with van der Waals surface area (Å²) in [6, 6.07) is 0. The summed E-state index contributed by atoms with van der Waals surface area (Å²) in [5.41, 5.74) is -1.22. The van der Waals surface area contributed by atoms with Gasteiger partial charge in [0.25, 0.3) is 0 Å². The maximum Gasteiger partial charge on any atom is 0.303 e. The van der Waals surface area contributed by atoms with E-state index in [9.17, 15) is 14.7 Å². The van der Waals surface area contributed by atoms with Gasteiger partial charge in [-0.05, 0) is 18.3 Å². The Balaban J connectivity index is 2.55. The Kier molecular flexibility index (Phi) is 5.31. The summed E-state index contributed by atoms with van der Waals surface area (Å²) in [5.74, 6) is -1.14. The number of aliphatic hydroxyl groups excluding tert-OH is 1. The van der Waals surface area contributed by atoms with Gasteiger partial charge >= 0.3 is 5.97 Å². The van der Waals surface area contributed by atoms with Gasteiger partial charge in [-0.2, -0.15) is 0 Å². The molecule has 0 aliphatic carbocycles. The molecule has 0 aromatic rings. The number of carbonyl (C=O) groups excluding carboxylic acids is 1. The Morgan fingerprint density at radius 3 is 2.32 bits per heavy atom. The molecule has 1 saturated heterocycles. The molecule has 6 nitrogen and oxygen atoms in total. The summed E-state index contributed by atoms with van der Waals surface area (Å²) in [6.45, 7) is 4.40. The van der Waals surface area contributed by atoms with Gasteiger partial charge in [-0.15, -0.1) is 0 Å². The fraction of sp³-hybridized carbons (Fsp3) is 0.846. The quantitative estimate of drug-likeness (QED) is 0.656. The van der Waals surface area contributed by atoms with Crippen LogP contribution in [0.15, 0.2) is 0 Å². The zero-order valence-electron chi connectivity index (χ0n) is 11.6. The van der Waals surface area contributed by atoms with Gasteiger partial charge in [0.2, 0.25) is 5.91 Å². The lowest BCUT2D eigenvalue weighted by molar-refractivity contribution is -0.139. The number of hydrogen-bond donors (Lipinski definition) is 3. The van der Waals surface area contributed by atoms with Crippen molar-refractivity contribution in [3.63, 3.8) is 0 Å².